The van der Waals surface area contributed by atoms with E-state index in [1.807, 2.05) is 11.9 Å². The predicted molar refractivity (Wildman–Crippen MR) is 105 cm³/mol. The van der Waals surface area contributed by atoms with Gasteiger partial charge in [0.1, 0.15) is 0 Å². The molecule has 0 radical (unpaired) electrons. The molecule has 3 heterocycles. The molecule has 7 nitrogen and oxygen atoms in total. The molecule has 3 rings (SSSR count). The average Bonchev–Trinajstić information content (AvgIpc) is 3.01. The van der Waals surface area contributed by atoms with Crippen LogP contribution in [0.25, 0.3) is 0 Å². The molecule has 152 valence electrons. The van der Waals surface area contributed by atoms with Crippen molar-refractivity contribution in [3.63, 3.8) is 0 Å². The van der Waals surface area contributed by atoms with E-state index in [9.17, 15) is 4.79 Å². The SMILES string of the molecule is CCCc1cc(CN(C)C(=O)[C@@H]2CC[C@H](N)CN(C3CCOCC3)C2)[nH]n1. The molecule has 2 fully saturated rings. The van der Waals surface area contributed by atoms with Gasteiger partial charge in [-0.05, 0) is 38.2 Å². The van der Waals surface area contributed by atoms with E-state index in [2.05, 4.69) is 28.1 Å². The van der Waals surface area contributed by atoms with E-state index in [0.717, 1.165) is 76.2 Å². The Morgan fingerprint density at radius 2 is 2.11 bits per heavy atom. The van der Waals surface area contributed by atoms with E-state index in [4.69, 9.17) is 10.5 Å². The molecule has 0 unspecified atom stereocenters. The molecule has 7 heteroatoms. The minimum Gasteiger partial charge on any atom is -0.381 e. The van der Waals surface area contributed by atoms with Crippen LogP contribution in [0.2, 0.25) is 0 Å². The number of likely N-dealkylation sites (tertiary alicyclic amines) is 1. The molecule has 0 saturated carbocycles. The zero-order chi connectivity index (χ0) is 19.2. The lowest BCUT2D eigenvalue weighted by Crippen LogP contribution is -2.47. The van der Waals surface area contributed by atoms with Gasteiger partial charge in [-0.3, -0.25) is 14.8 Å². The number of ether oxygens (including phenoxy) is 1. The Labute approximate surface area is 162 Å². The van der Waals surface area contributed by atoms with Crippen LogP contribution in [0.4, 0.5) is 0 Å². The number of aromatic nitrogens is 2. The normalized spacial score (nSPS) is 25.3. The molecule has 2 atom stereocenters. The highest BCUT2D eigenvalue weighted by Gasteiger charge is 2.32. The minimum atomic E-state index is 0.0180. The van der Waals surface area contributed by atoms with Crippen molar-refractivity contribution in [3.05, 3.63) is 17.5 Å². The van der Waals surface area contributed by atoms with Crippen molar-refractivity contribution in [3.8, 4) is 0 Å². The second-order valence-electron chi connectivity index (χ2n) is 8.16. The van der Waals surface area contributed by atoms with Crippen LogP contribution in [0.5, 0.6) is 0 Å². The highest BCUT2D eigenvalue weighted by Crippen LogP contribution is 2.24. The topological polar surface area (TPSA) is 87.5 Å². The number of nitrogens with two attached hydrogens (primary N) is 1. The predicted octanol–water partition coefficient (Wildman–Crippen LogP) is 1.54. The standard InChI is InChI=1S/C20H35N5O2/c1-3-4-17-11-18(23-22-17)14-24(2)20(26)15-5-6-16(21)13-25(12-15)19-7-9-27-10-8-19/h11,15-16,19H,3-10,12-14,21H2,1-2H3,(H,22,23)/t15-,16+/m1/s1. The molecule has 2 aliphatic heterocycles. The van der Waals surface area contributed by atoms with Gasteiger partial charge in [0.05, 0.1) is 23.9 Å². The summed E-state index contributed by atoms with van der Waals surface area (Å²) in [4.78, 5) is 17.4. The van der Waals surface area contributed by atoms with Crippen molar-refractivity contribution in [2.75, 3.05) is 33.4 Å². The average molecular weight is 378 g/mol. The van der Waals surface area contributed by atoms with Gasteiger partial charge in [0.15, 0.2) is 0 Å². The molecule has 2 aliphatic rings. The van der Waals surface area contributed by atoms with Gasteiger partial charge < -0.3 is 15.4 Å². The maximum absolute atomic E-state index is 13.1. The molecule has 2 saturated heterocycles. The Morgan fingerprint density at radius 3 is 2.85 bits per heavy atom. The number of carbonyl (C=O) groups excluding carboxylic acids is 1. The summed E-state index contributed by atoms with van der Waals surface area (Å²) in [7, 11) is 1.90. The van der Waals surface area contributed by atoms with Crippen molar-refractivity contribution >= 4 is 5.91 Å². The van der Waals surface area contributed by atoms with Gasteiger partial charge in [0, 0.05) is 45.4 Å². The van der Waals surface area contributed by atoms with Crippen LogP contribution in [0, 0.1) is 5.92 Å². The second kappa shape index (κ2) is 9.66. The molecule has 1 aromatic rings. The maximum Gasteiger partial charge on any atom is 0.227 e. The highest BCUT2D eigenvalue weighted by molar-refractivity contribution is 5.78. The first-order chi connectivity index (χ1) is 13.1. The largest absolute Gasteiger partial charge is 0.381 e. The van der Waals surface area contributed by atoms with Crippen LogP contribution in [0.3, 0.4) is 0 Å². The first-order valence-electron chi connectivity index (χ1n) is 10.4. The van der Waals surface area contributed by atoms with Gasteiger partial charge in [0.25, 0.3) is 0 Å². The number of hydrogen-bond donors (Lipinski definition) is 2. The first kappa shape index (κ1) is 20.3. The Kier molecular flexibility index (Phi) is 7.26. The molecule has 1 amide bonds. The quantitative estimate of drug-likeness (QED) is 0.785. The summed E-state index contributed by atoms with van der Waals surface area (Å²) in [6.07, 6.45) is 5.90. The number of aryl methyl sites for hydroxylation is 1. The van der Waals surface area contributed by atoms with Crippen LogP contribution in [-0.2, 0) is 22.5 Å². The van der Waals surface area contributed by atoms with Crippen LogP contribution < -0.4 is 5.73 Å². The number of rotatable bonds is 6. The van der Waals surface area contributed by atoms with Crippen LogP contribution in [-0.4, -0.2) is 71.3 Å². The molecular formula is C20H35N5O2. The third-order valence-electron chi connectivity index (χ3n) is 5.84. The first-order valence-corrected chi connectivity index (χ1v) is 10.4. The number of nitrogens with one attached hydrogen (secondary N) is 1. The molecule has 0 aromatic carbocycles. The fraction of sp³-hybridized carbons (Fsp3) is 0.800. The van der Waals surface area contributed by atoms with E-state index >= 15 is 0 Å². The molecule has 3 N–H and O–H groups in total. The van der Waals surface area contributed by atoms with E-state index in [0.29, 0.717) is 12.6 Å². The summed E-state index contributed by atoms with van der Waals surface area (Å²) in [5.41, 5.74) is 8.38. The summed E-state index contributed by atoms with van der Waals surface area (Å²) < 4.78 is 5.50. The summed E-state index contributed by atoms with van der Waals surface area (Å²) in [5, 5.41) is 7.40. The van der Waals surface area contributed by atoms with Crippen LogP contribution in [0.15, 0.2) is 6.07 Å². The van der Waals surface area contributed by atoms with Gasteiger partial charge in [-0.2, -0.15) is 5.10 Å². The number of carbonyl (C=O) groups is 1. The highest BCUT2D eigenvalue weighted by atomic mass is 16.5. The summed E-state index contributed by atoms with van der Waals surface area (Å²) >= 11 is 0. The smallest absolute Gasteiger partial charge is 0.227 e. The van der Waals surface area contributed by atoms with Crippen LogP contribution >= 0.6 is 0 Å². The third-order valence-corrected chi connectivity index (χ3v) is 5.84. The Bertz CT molecular complexity index is 599. The number of H-pyrrole nitrogens is 1. The molecule has 0 aliphatic carbocycles. The van der Waals surface area contributed by atoms with E-state index in [-0.39, 0.29) is 17.9 Å². The Morgan fingerprint density at radius 1 is 1.33 bits per heavy atom. The molecule has 27 heavy (non-hydrogen) atoms. The number of nitrogens with zero attached hydrogens (tertiary/aromatic N) is 3. The fourth-order valence-corrected chi connectivity index (χ4v) is 4.33. The van der Waals surface area contributed by atoms with Crippen molar-refractivity contribution in [2.24, 2.45) is 11.7 Å². The number of aromatic amines is 1. The summed E-state index contributed by atoms with van der Waals surface area (Å²) in [6.45, 7) is 6.05. The van der Waals surface area contributed by atoms with Gasteiger partial charge in [-0.25, -0.2) is 0 Å². The van der Waals surface area contributed by atoms with E-state index in [1.165, 1.54) is 0 Å². The maximum atomic E-state index is 13.1. The second-order valence-corrected chi connectivity index (χ2v) is 8.16. The van der Waals surface area contributed by atoms with Crippen molar-refractivity contribution < 1.29 is 9.53 Å². The minimum absolute atomic E-state index is 0.0180. The zero-order valence-corrected chi connectivity index (χ0v) is 16.8. The van der Waals surface area contributed by atoms with Crippen molar-refractivity contribution in [2.45, 2.75) is 64.1 Å². The van der Waals surface area contributed by atoms with E-state index < -0.39 is 0 Å². The van der Waals surface area contributed by atoms with Gasteiger partial charge >= 0.3 is 0 Å². The molecule has 1 aromatic heterocycles. The number of amides is 1. The molecule has 0 spiro atoms. The monoisotopic (exact) mass is 377 g/mol. The van der Waals surface area contributed by atoms with Crippen LogP contribution in [0.1, 0.15) is 50.4 Å². The van der Waals surface area contributed by atoms with Crippen molar-refractivity contribution in [1.82, 2.24) is 20.0 Å². The fourth-order valence-electron chi connectivity index (χ4n) is 4.33. The Hall–Kier alpha value is -1.44. The lowest BCUT2D eigenvalue weighted by Gasteiger charge is -2.36. The van der Waals surface area contributed by atoms with Gasteiger partial charge in [-0.15, -0.1) is 0 Å². The van der Waals surface area contributed by atoms with E-state index in [1.54, 1.807) is 0 Å². The third kappa shape index (κ3) is 5.53. The Balaban J connectivity index is 1.60. The zero-order valence-electron chi connectivity index (χ0n) is 16.8. The summed E-state index contributed by atoms with van der Waals surface area (Å²) in [6, 6.07) is 2.72. The number of hydrogen-bond acceptors (Lipinski definition) is 5. The van der Waals surface area contributed by atoms with Crippen molar-refractivity contribution in [1.29, 1.82) is 0 Å². The summed E-state index contributed by atoms with van der Waals surface area (Å²) in [5.74, 6) is 0.234. The molecular weight excluding hydrogens is 342 g/mol. The van der Waals surface area contributed by atoms with Gasteiger partial charge in [0.2, 0.25) is 5.91 Å². The molecule has 0 bridgehead atoms. The lowest BCUT2D eigenvalue weighted by atomic mass is 9.99. The van der Waals surface area contributed by atoms with Gasteiger partial charge in [-0.1, -0.05) is 13.3 Å². The lowest BCUT2D eigenvalue weighted by molar-refractivity contribution is -0.135.